The van der Waals surface area contributed by atoms with Crippen LogP contribution in [0.1, 0.15) is 0 Å². The molecule has 2 rings (SSSR count). The second kappa shape index (κ2) is 4.43. The Balaban J connectivity index is 2.61. The average molecular weight is 286 g/mol. The summed E-state index contributed by atoms with van der Waals surface area (Å²) in [7, 11) is -3.82. The molecule has 0 aliphatic heterocycles. The molecule has 1 aromatic carbocycles. The number of nitrogens with zero attached hydrogens (tertiary/aromatic N) is 1. The van der Waals surface area contributed by atoms with Gasteiger partial charge in [-0.1, -0.05) is 11.6 Å². The molecule has 0 unspecified atom stereocenters. The van der Waals surface area contributed by atoms with Gasteiger partial charge in [-0.05, 0) is 24.3 Å². The second-order valence-corrected chi connectivity index (χ2v) is 5.78. The number of nitrogen functional groups attached to an aromatic ring is 1. The summed E-state index contributed by atoms with van der Waals surface area (Å²) in [6.07, 6.45) is 0.929. The number of aromatic amines is 1. The van der Waals surface area contributed by atoms with E-state index < -0.39 is 15.5 Å². The number of hydrogen-bond donors (Lipinski definition) is 2. The number of rotatable bonds is 2. The Kier molecular flexibility index (Phi) is 3.10. The van der Waals surface area contributed by atoms with E-state index in [9.17, 15) is 13.2 Å². The van der Waals surface area contributed by atoms with Crippen molar-refractivity contribution < 1.29 is 8.42 Å². The molecule has 3 N–H and O–H groups in total. The van der Waals surface area contributed by atoms with Gasteiger partial charge in [0.1, 0.15) is 10.7 Å². The van der Waals surface area contributed by atoms with Crippen LogP contribution in [0.25, 0.3) is 0 Å². The van der Waals surface area contributed by atoms with Gasteiger partial charge in [0.25, 0.3) is 0 Å². The van der Waals surface area contributed by atoms with Crippen molar-refractivity contribution >= 4 is 27.3 Å². The standard InChI is InChI=1S/C10H8ClN3O3S/c11-6-1-3-7(4-2-6)18(16,17)8-5-13-10(15)14-9(8)12/h1-5H,(H3,12,13,14,15). The molecule has 18 heavy (non-hydrogen) atoms. The number of H-pyrrole nitrogens is 1. The second-order valence-electron chi connectivity index (χ2n) is 3.42. The summed E-state index contributed by atoms with van der Waals surface area (Å²) >= 11 is 5.68. The van der Waals surface area contributed by atoms with Crippen molar-refractivity contribution in [2.45, 2.75) is 9.79 Å². The van der Waals surface area contributed by atoms with Crippen molar-refractivity contribution in [1.29, 1.82) is 0 Å². The van der Waals surface area contributed by atoms with Gasteiger partial charge in [0.05, 0.1) is 11.1 Å². The summed E-state index contributed by atoms with van der Waals surface area (Å²) in [4.78, 5) is 16.2. The molecule has 0 saturated carbocycles. The number of hydrogen-bond acceptors (Lipinski definition) is 5. The maximum Gasteiger partial charge on any atom is 0.346 e. The molecule has 0 bridgehead atoms. The number of nitrogens with two attached hydrogens (primary N) is 1. The highest BCUT2D eigenvalue weighted by atomic mass is 35.5. The third-order valence-corrected chi connectivity index (χ3v) is 4.27. The molecule has 0 atom stereocenters. The van der Waals surface area contributed by atoms with E-state index in [0.717, 1.165) is 6.20 Å². The highest BCUT2D eigenvalue weighted by molar-refractivity contribution is 7.91. The lowest BCUT2D eigenvalue weighted by Crippen LogP contribution is -2.16. The zero-order chi connectivity index (χ0) is 13.3. The number of halogens is 1. The van der Waals surface area contributed by atoms with Gasteiger partial charge in [0, 0.05) is 5.02 Å². The summed E-state index contributed by atoms with van der Waals surface area (Å²) in [6.45, 7) is 0. The van der Waals surface area contributed by atoms with Crippen LogP contribution in [-0.2, 0) is 9.84 Å². The molecule has 0 aliphatic rings. The maximum atomic E-state index is 12.2. The third-order valence-electron chi connectivity index (χ3n) is 2.22. The van der Waals surface area contributed by atoms with Crippen molar-refractivity contribution in [3.8, 4) is 0 Å². The molecule has 0 fully saturated rings. The number of benzene rings is 1. The Morgan fingerprint density at radius 1 is 1.22 bits per heavy atom. The highest BCUT2D eigenvalue weighted by Gasteiger charge is 2.21. The van der Waals surface area contributed by atoms with E-state index in [-0.39, 0.29) is 15.6 Å². The molecule has 94 valence electrons. The quantitative estimate of drug-likeness (QED) is 0.850. The van der Waals surface area contributed by atoms with E-state index in [4.69, 9.17) is 17.3 Å². The molecule has 1 aromatic heterocycles. The first kappa shape index (κ1) is 12.6. The van der Waals surface area contributed by atoms with Crippen LogP contribution in [0.3, 0.4) is 0 Å². The van der Waals surface area contributed by atoms with Crippen molar-refractivity contribution in [2.75, 3.05) is 5.73 Å². The average Bonchev–Trinajstić information content (AvgIpc) is 2.29. The molecule has 0 saturated heterocycles. The molecule has 8 heteroatoms. The Labute approximate surface area is 107 Å². The van der Waals surface area contributed by atoms with Crippen LogP contribution >= 0.6 is 11.6 Å². The van der Waals surface area contributed by atoms with Gasteiger partial charge >= 0.3 is 5.69 Å². The lowest BCUT2D eigenvalue weighted by Gasteiger charge is -2.06. The molecular weight excluding hydrogens is 278 g/mol. The van der Waals surface area contributed by atoms with Gasteiger partial charge < -0.3 is 5.73 Å². The fraction of sp³-hybridized carbons (Fsp3) is 0. The fourth-order valence-electron chi connectivity index (χ4n) is 1.35. The normalized spacial score (nSPS) is 11.4. The maximum absolute atomic E-state index is 12.2. The number of sulfone groups is 1. The monoisotopic (exact) mass is 285 g/mol. The molecule has 1 heterocycles. The van der Waals surface area contributed by atoms with Crippen LogP contribution in [0.15, 0.2) is 45.0 Å². The minimum Gasteiger partial charge on any atom is -0.384 e. The molecule has 0 spiro atoms. The van der Waals surface area contributed by atoms with E-state index in [1.165, 1.54) is 24.3 Å². The largest absolute Gasteiger partial charge is 0.384 e. The molecule has 0 radical (unpaired) electrons. The first-order valence-electron chi connectivity index (χ1n) is 4.77. The Bertz CT molecular complexity index is 738. The molecular formula is C10H8ClN3O3S. The van der Waals surface area contributed by atoms with Gasteiger partial charge in [0.15, 0.2) is 0 Å². The first-order valence-corrected chi connectivity index (χ1v) is 6.63. The molecule has 0 aliphatic carbocycles. The smallest absolute Gasteiger partial charge is 0.346 e. The Morgan fingerprint density at radius 3 is 2.39 bits per heavy atom. The highest BCUT2D eigenvalue weighted by Crippen LogP contribution is 2.23. The zero-order valence-corrected chi connectivity index (χ0v) is 10.5. The van der Waals surface area contributed by atoms with Crippen LogP contribution in [0.5, 0.6) is 0 Å². The summed E-state index contributed by atoms with van der Waals surface area (Å²) in [5.74, 6) is -0.245. The van der Waals surface area contributed by atoms with Gasteiger partial charge in [-0.15, -0.1) is 0 Å². The van der Waals surface area contributed by atoms with Crippen LogP contribution in [0.4, 0.5) is 5.82 Å². The zero-order valence-electron chi connectivity index (χ0n) is 8.92. The summed E-state index contributed by atoms with van der Waals surface area (Å²) in [5, 5.41) is 0.418. The lowest BCUT2D eigenvalue weighted by molar-refractivity contribution is 0.595. The van der Waals surface area contributed by atoms with Crippen LogP contribution in [-0.4, -0.2) is 18.4 Å². The van der Waals surface area contributed by atoms with E-state index in [2.05, 4.69) is 9.97 Å². The van der Waals surface area contributed by atoms with E-state index in [1.54, 1.807) is 0 Å². The number of aromatic nitrogens is 2. The van der Waals surface area contributed by atoms with Gasteiger partial charge in [-0.3, -0.25) is 4.98 Å². The summed E-state index contributed by atoms with van der Waals surface area (Å²) < 4.78 is 24.4. The van der Waals surface area contributed by atoms with Crippen LogP contribution in [0, 0.1) is 0 Å². The lowest BCUT2D eigenvalue weighted by atomic mass is 10.4. The van der Waals surface area contributed by atoms with Crippen molar-refractivity contribution in [2.24, 2.45) is 0 Å². The van der Waals surface area contributed by atoms with Crippen LogP contribution < -0.4 is 11.4 Å². The topological polar surface area (TPSA) is 106 Å². The van der Waals surface area contributed by atoms with Crippen LogP contribution in [0.2, 0.25) is 5.02 Å². The fourth-order valence-corrected chi connectivity index (χ4v) is 2.76. The Morgan fingerprint density at radius 2 is 1.83 bits per heavy atom. The van der Waals surface area contributed by atoms with Crippen molar-refractivity contribution in [3.05, 3.63) is 46.0 Å². The van der Waals surface area contributed by atoms with E-state index in [0.29, 0.717) is 5.02 Å². The number of anilines is 1. The van der Waals surface area contributed by atoms with Crippen molar-refractivity contribution in [3.63, 3.8) is 0 Å². The van der Waals surface area contributed by atoms with Crippen molar-refractivity contribution in [1.82, 2.24) is 9.97 Å². The molecule has 6 nitrogen and oxygen atoms in total. The summed E-state index contributed by atoms with van der Waals surface area (Å²) in [5.41, 5.74) is 4.77. The number of nitrogens with one attached hydrogen (secondary N) is 1. The summed E-state index contributed by atoms with van der Waals surface area (Å²) in [6, 6.07) is 5.60. The van der Waals surface area contributed by atoms with Gasteiger partial charge in [0.2, 0.25) is 9.84 Å². The minimum absolute atomic E-state index is 0.0208. The van der Waals surface area contributed by atoms with E-state index in [1.807, 2.05) is 0 Å². The van der Waals surface area contributed by atoms with E-state index >= 15 is 0 Å². The SMILES string of the molecule is Nc1[nH]c(=O)ncc1S(=O)(=O)c1ccc(Cl)cc1. The molecule has 2 aromatic rings. The minimum atomic E-state index is -3.82. The third kappa shape index (κ3) is 2.22. The Hall–Kier alpha value is -1.86. The van der Waals surface area contributed by atoms with Gasteiger partial charge in [-0.2, -0.15) is 0 Å². The molecule has 0 amide bonds. The predicted octanol–water partition coefficient (Wildman–Crippen LogP) is 0.838. The first-order chi connectivity index (χ1) is 8.41. The predicted molar refractivity (Wildman–Crippen MR) is 66.2 cm³/mol. The van der Waals surface area contributed by atoms with Gasteiger partial charge in [-0.25, -0.2) is 18.2 Å².